The Bertz CT molecular complexity index is 1150. The van der Waals surface area contributed by atoms with Crippen molar-refractivity contribution in [1.29, 1.82) is 0 Å². The van der Waals surface area contributed by atoms with Crippen LogP contribution in [0.4, 0.5) is 16.3 Å². The first kappa shape index (κ1) is 16.5. The number of nitrogens with two attached hydrogens (primary N) is 1. The molecule has 2 heterocycles. The molecule has 7 nitrogen and oxygen atoms in total. The van der Waals surface area contributed by atoms with Crippen LogP contribution in [0.3, 0.4) is 0 Å². The van der Waals surface area contributed by atoms with E-state index >= 15 is 0 Å². The molecule has 0 aliphatic carbocycles. The molecule has 4 rings (SSSR count). The van der Waals surface area contributed by atoms with Gasteiger partial charge in [0.15, 0.2) is 5.82 Å². The first-order valence-electron chi connectivity index (χ1n) is 8.02. The second-order valence-electron chi connectivity index (χ2n) is 5.72. The topological polar surface area (TPSA) is 107 Å². The molecule has 0 aliphatic heterocycles. The second kappa shape index (κ2) is 6.75. The monoisotopic (exact) mass is 360 g/mol. The summed E-state index contributed by atoms with van der Waals surface area (Å²) in [5, 5.41) is 4.11. The van der Waals surface area contributed by atoms with E-state index in [1.807, 2.05) is 24.3 Å². The molecular formula is C19H13FN6O. The van der Waals surface area contributed by atoms with Crippen molar-refractivity contribution >= 4 is 28.6 Å². The number of pyridine rings is 1. The van der Waals surface area contributed by atoms with Crippen LogP contribution in [0.1, 0.15) is 10.4 Å². The Hall–Kier alpha value is -3.94. The van der Waals surface area contributed by atoms with Gasteiger partial charge in [-0.05, 0) is 35.0 Å². The number of carbonyl (C=O) groups excluding carboxylic acids is 1. The Balaban J connectivity index is 1.73. The fourth-order valence-corrected chi connectivity index (χ4v) is 2.62. The predicted molar refractivity (Wildman–Crippen MR) is 99.3 cm³/mol. The quantitative estimate of drug-likeness (QED) is 0.581. The number of carbonyl (C=O) groups is 1. The maximum Gasteiger partial charge on any atom is 0.259 e. The van der Waals surface area contributed by atoms with Gasteiger partial charge in [0.1, 0.15) is 5.82 Å². The minimum atomic E-state index is -0.496. The Morgan fingerprint density at radius 1 is 1.00 bits per heavy atom. The molecule has 0 saturated heterocycles. The summed E-state index contributed by atoms with van der Waals surface area (Å²) < 4.78 is 14.6. The van der Waals surface area contributed by atoms with E-state index in [1.165, 1.54) is 12.3 Å². The third-order valence-electron chi connectivity index (χ3n) is 3.88. The van der Waals surface area contributed by atoms with Gasteiger partial charge in [-0.1, -0.05) is 24.3 Å². The zero-order valence-corrected chi connectivity index (χ0v) is 13.9. The Morgan fingerprint density at radius 2 is 1.78 bits per heavy atom. The Morgan fingerprint density at radius 3 is 2.52 bits per heavy atom. The van der Waals surface area contributed by atoms with E-state index in [1.54, 1.807) is 24.4 Å². The molecular weight excluding hydrogens is 347 g/mol. The van der Waals surface area contributed by atoms with Crippen molar-refractivity contribution in [3.63, 3.8) is 0 Å². The molecule has 1 amide bonds. The normalized spacial score (nSPS) is 10.7. The molecule has 0 unspecified atom stereocenters. The van der Waals surface area contributed by atoms with E-state index in [4.69, 9.17) is 5.73 Å². The molecule has 0 radical (unpaired) electrons. The second-order valence-corrected chi connectivity index (χ2v) is 5.72. The standard InChI is InChI=1S/C19H13FN6O/c20-15-9-12-5-2-1-4-11(12)8-14(15)16-23-18(21)26-19(24-16)25-17(27)13-6-3-7-22-10-13/h1-10H,(H3,21,23,24,25,26,27). The highest BCUT2D eigenvalue weighted by Gasteiger charge is 2.15. The van der Waals surface area contributed by atoms with Crippen LogP contribution in [0.2, 0.25) is 0 Å². The van der Waals surface area contributed by atoms with Crippen LogP contribution in [0, 0.1) is 5.82 Å². The van der Waals surface area contributed by atoms with Gasteiger partial charge < -0.3 is 5.73 Å². The molecule has 0 aliphatic rings. The molecule has 8 heteroatoms. The number of amides is 1. The number of benzene rings is 2. The van der Waals surface area contributed by atoms with Gasteiger partial charge in [0.2, 0.25) is 11.9 Å². The van der Waals surface area contributed by atoms with E-state index < -0.39 is 11.7 Å². The van der Waals surface area contributed by atoms with Crippen molar-refractivity contribution in [3.8, 4) is 11.4 Å². The number of aromatic nitrogens is 4. The van der Waals surface area contributed by atoms with Crippen LogP contribution in [0.25, 0.3) is 22.2 Å². The summed E-state index contributed by atoms with van der Waals surface area (Å²) >= 11 is 0. The zero-order valence-electron chi connectivity index (χ0n) is 13.9. The van der Waals surface area contributed by atoms with Gasteiger partial charge in [-0.15, -0.1) is 0 Å². The lowest BCUT2D eigenvalue weighted by atomic mass is 10.1. The molecule has 2 aromatic carbocycles. The summed E-state index contributed by atoms with van der Waals surface area (Å²) in [6.07, 6.45) is 2.96. The summed E-state index contributed by atoms with van der Waals surface area (Å²) in [6, 6.07) is 13.6. The minimum absolute atomic E-state index is 0.0345. The van der Waals surface area contributed by atoms with Crippen molar-refractivity contribution in [2.45, 2.75) is 0 Å². The van der Waals surface area contributed by atoms with Crippen molar-refractivity contribution in [2.75, 3.05) is 11.1 Å². The van der Waals surface area contributed by atoms with E-state index in [-0.39, 0.29) is 23.3 Å². The largest absolute Gasteiger partial charge is 0.368 e. The molecule has 4 aromatic rings. The molecule has 0 spiro atoms. The summed E-state index contributed by atoms with van der Waals surface area (Å²) in [7, 11) is 0. The number of rotatable bonds is 3. The van der Waals surface area contributed by atoms with Crippen molar-refractivity contribution in [2.24, 2.45) is 0 Å². The van der Waals surface area contributed by atoms with Crippen LogP contribution < -0.4 is 11.1 Å². The lowest BCUT2D eigenvalue weighted by Crippen LogP contribution is -2.16. The molecule has 0 bridgehead atoms. The summed E-state index contributed by atoms with van der Waals surface area (Å²) in [5.74, 6) is -1.12. The first-order chi connectivity index (χ1) is 13.1. The molecule has 0 saturated carbocycles. The van der Waals surface area contributed by atoms with Crippen LogP contribution in [0.15, 0.2) is 60.9 Å². The number of nitrogen functional groups attached to an aromatic ring is 1. The van der Waals surface area contributed by atoms with E-state index in [9.17, 15) is 9.18 Å². The molecule has 0 fully saturated rings. The number of hydrogen-bond acceptors (Lipinski definition) is 6. The number of anilines is 2. The van der Waals surface area contributed by atoms with Gasteiger partial charge in [0.25, 0.3) is 5.91 Å². The molecule has 3 N–H and O–H groups in total. The van der Waals surface area contributed by atoms with Gasteiger partial charge >= 0.3 is 0 Å². The van der Waals surface area contributed by atoms with Crippen molar-refractivity contribution in [1.82, 2.24) is 19.9 Å². The Kier molecular flexibility index (Phi) is 4.13. The Labute approximate surface area is 153 Å². The fraction of sp³-hybridized carbons (Fsp3) is 0. The van der Waals surface area contributed by atoms with E-state index in [0.717, 1.165) is 10.8 Å². The summed E-state index contributed by atoms with van der Waals surface area (Å²) in [4.78, 5) is 28.2. The van der Waals surface area contributed by atoms with E-state index in [0.29, 0.717) is 5.56 Å². The predicted octanol–water partition coefficient (Wildman–Crippen LogP) is 3.06. The third-order valence-corrected chi connectivity index (χ3v) is 3.88. The number of fused-ring (bicyclic) bond motifs is 1. The maximum atomic E-state index is 14.6. The van der Waals surface area contributed by atoms with Gasteiger partial charge in [-0.3, -0.25) is 15.1 Å². The highest BCUT2D eigenvalue weighted by molar-refractivity contribution is 6.03. The fourth-order valence-electron chi connectivity index (χ4n) is 2.62. The highest BCUT2D eigenvalue weighted by Crippen LogP contribution is 2.26. The van der Waals surface area contributed by atoms with Crippen molar-refractivity contribution in [3.05, 3.63) is 72.3 Å². The molecule has 2 aromatic heterocycles. The SMILES string of the molecule is Nc1nc(NC(=O)c2cccnc2)nc(-c2cc3ccccc3cc2F)n1. The molecule has 132 valence electrons. The van der Waals surface area contributed by atoms with Crippen LogP contribution in [-0.4, -0.2) is 25.8 Å². The van der Waals surface area contributed by atoms with Crippen molar-refractivity contribution < 1.29 is 9.18 Å². The van der Waals surface area contributed by atoms with Crippen LogP contribution in [0.5, 0.6) is 0 Å². The minimum Gasteiger partial charge on any atom is -0.368 e. The maximum absolute atomic E-state index is 14.6. The summed E-state index contributed by atoms with van der Waals surface area (Å²) in [5.41, 5.74) is 6.22. The van der Waals surface area contributed by atoms with E-state index in [2.05, 4.69) is 25.3 Å². The number of nitrogens with one attached hydrogen (secondary N) is 1. The van der Waals surface area contributed by atoms with Gasteiger partial charge in [-0.2, -0.15) is 15.0 Å². The van der Waals surface area contributed by atoms with Crippen LogP contribution >= 0.6 is 0 Å². The lowest BCUT2D eigenvalue weighted by Gasteiger charge is -2.08. The smallest absolute Gasteiger partial charge is 0.259 e. The van der Waals surface area contributed by atoms with Gasteiger partial charge in [0, 0.05) is 12.4 Å². The number of hydrogen-bond donors (Lipinski definition) is 2. The molecule has 27 heavy (non-hydrogen) atoms. The van der Waals surface area contributed by atoms with Crippen LogP contribution in [-0.2, 0) is 0 Å². The number of nitrogens with zero attached hydrogens (tertiary/aromatic N) is 4. The average molecular weight is 360 g/mol. The summed E-state index contributed by atoms with van der Waals surface area (Å²) in [6.45, 7) is 0. The first-order valence-corrected chi connectivity index (χ1v) is 8.02. The highest BCUT2D eigenvalue weighted by atomic mass is 19.1. The zero-order chi connectivity index (χ0) is 18.8. The average Bonchev–Trinajstić information content (AvgIpc) is 2.67. The van der Waals surface area contributed by atoms with Gasteiger partial charge in [-0.25, -0.2) is 4.39 Å². The molecule has 0 atom stereocenters. The third kappa shape index (κ3) is 3.40. The van der Waals surface area contributed by atoms with Gasteiger partial charge in [0.05, 0.1) is 11.1 Å². The lowest BCUT2D eigenvalue weighted by molar-refractivity contribution is 0.102. The number of halogens is 1.